The lowest BCUT2D eigenvalue weighted by Gasteiger charge is -2.01. The molecule has 0 bridgehead atoms. The van der Waals surface area contributed by atoms with Crippen molar-refractivity contribution in [2.45, 2.75) is 5.03 Å². The Kier molecular flexibility index (Phi) is 2.41. The Morgan fingerprint density at radius 3 is 2.38 bits per heavy atom. The summed E-state index contributed by atoms with van der Waals surface area (Å²) in [6, 6.07) is 9.89. The summed E-state index contributed by atoms with van der Waals surface area (Å²) in [5.41, 5.74) is 6.22. The zero-order valence-electron chi connectivity index (χ0n) is 8.11. The SMILES string of the molecule is Nc1cc(S(=O)(=O)O)nn1-c1ccccc1. The highest BCUT2D eigenvalue weighted by molar-refractivity contribution is 7.85. The normalized spacial score (nSPS) is 11.6. The molecule has 2 aromatic rings. The van der Waals surface area contributed by atoms with Gasteiger partial charge < -0.3 is 5.73 Å². The monoisotopic (exact) mass is 239 g/mol. The Balaban J connectivity index is 2.57. The molecule has 0 saturated carbocycles. The van der Waals surface area contributed by atoms with Gasteiger partial charge in [-0.25, -0.2) is 4.68 Å². The van der Waals surface area contributed by atoms with E-state index in [9.17, 15) is 8.42 Å². The molecule has 7 heteroatoms. The van der Waals surface area contributed by atoms with Gasteiger partial charge in [-0.1, -0.05) is 18.2 Å². The van der Waals surface area contributed by atoms with E-state index in [-0.39, 0.29) is 5.82 Å². The van der Waals surface area contributed by atoms with Crippen LogP contribution in [0.5, 0.6) is 0 Å². The van der Waals surface area contributed by atoms with Gasteiger partial charge >= 0.3 is 10.1 Å². The van der Waals surface area contributed by atoms with Crippen LogP contribution in [0, 0.1) is 0 Å². The summed E-state index contributed by atoms with van der Waals surface area (Å²) in [7, 11) is -4.32. The Hall–Kier alpha value is -1.86. The molecule has 2 rings (SSSR count). The Morgan fingerprint density at radius 1 is 1.25 bits per heavy atom. The maximum Gasteiger partial charge on any atom is 0.314 e. The first-order valence-electron chi connectivity index (χ1n) is 4.37. The number of para-hydroxylation sites is 1. The van der Waals surface area contributed by atoms with Crippen LogP contribution in [0.1, 0.15) is 0 Å². The molecule has 1 aromatic carbocycles. The minimum Gasteiger partial charge on any atom is -0.384 e. The number of nitrogens with two attached hydrogens (primary N) is 1. The third-order valence-electron chi connectivity index (χ3n) is 1.98. The summed E-state index contributed by atoms with van der Waals surface area (Å²) in [6.45, 7) is 0. The van der Waals surface area contributed by atoms with Crippen molar-refractivity contribution in [2.24, 2.45) is 0 Å². The number of hydrogen-bond acceptors (Lipinski definition) is 4. The smallest absolute Gasteiger partial charge is 0.314 e. The van der Waals surface area contributed by atoms with Crippen molar-refractivity contribution in [1.82, 2.24) is 9.78 Å². The summed E-state index contributed by atoms with van der Waals surface area (Å²) in [5.74, 6) is 0.138. The lowest BCUT2D eigenvalue weighted by Crippen LogP contribution is -2.03. The van der Waals surface area contributed by atoms with Crippen LogP contribution in [0.2, 0.25) is 0 Å². The van der Waals surface area contributed by atoms with Crippen LogP contribution in [-0.2, 0) is 10.1 Å². The molecule has 1 heterocycles. The minimum atomic E-state index is -4.32. The van der Waals surface area contributed by atoms with Gasteiger partial charge in [-0.2, -0.15) is 13.5 Å². The lowest BCUT2D eigenvalue weighted by atomic mass is 10.3. The van der Waals surface area contributed by atoms with Crippen LogP contribution in [0.4, 0.5) is 5.82 Å². The topological polar surface area (TPSA) is 98.2 Å². The molecule has 0 atom stereocenters. The van der Waals surface area contributed by atoms with E-state index in [2.05, 4.69) is 5.10 Å². The molecular weight excluding hydrogens is 230 g/mol. The van der Waals surface area contributed by atoms with Crippen LogP contribution < -0.4 is 5.73 Å². The molecule has 3 N–H and O–H groups in total. The highest BCUT2D eigenvalue weighted by Gasteiger charge is 2.16. The van der Waals surface area contributed by atoms with E-state index in [4.69, 9.17) is 10.3 Å². The average molecular weight is 239 g/mol. The molecule has 0 fully saturated rings. The van der Waals surface area contributed by atoms with Crippen LogP contribution in [0.25, 0.3) is 5.69 Å². The first kappa shape index (κ1) is 10.7. The molecule has 0 aliphatic carbocycles. The van der Waals surface area contributed by atoms with E-state index in [1.807, 2.05) is 6.07 Å². The number of nitrogens with zero attached hydrogens (tertiary/aromatic N) is 2. The summed E-state index contributed by atoms with van der Waals surface area (Å²) < 4.78 is 31.8. The summed E-state index contributed by atoms with van der Waals surface area (Å²) in [6.07, 6.45) is 0. The first-order chi connectivity index (χ1) is 7.48. The molecular formula is C9H9N3O3S. The second-order valence-electron chi connectivity index (χ2n) is 3.13. The molecule has 1 aromatic heterocycles. The highest BCUT2D eigenvalue weighted by atomic mass is 32.2. The minimum absolute atomic E-state index is 0.138. The van der Waals surface area contributed by atoms with Gasteiger partial charge in [-0.15, -0.1) is 0 Å². The summed E-state index contributed by atoms with van der Waals surface area (Å²) in [4.78, 5) is 0. The van der Waals surface area contributed by atoms with Gasteiger partial charge in [0.25, 0.3) is 0 Å². The molecule has 6 nitrogen and oxygen atoms in total. The van der Waals surface area contributed by atoms with Crippen LogP contribution >= 0.6 is 0 Å². The molecule has 0 saturated heterocycles. The first-order valence-corrected chi connectivity index (χ1v) is 5.81. The summed E-state index contributed by atoms with van der Waals surface area (Å²) >= 11 is 0. The molecule has 0 radical (unpaired) electrons. The number of benzene rings is 1. The molecule has 0 unspecified atom stereocenters. The number of nitrogen functional groups attached to an aromatic ring is 1. The molecule has 0 aliphatic heterocycles. The molecule has 0 spiro atoms. The number of anilines is 1. The van der Waals surface area contributed by atoms with Gasteiger partial charge in [-0.3, -0.25) is 4.55 Å². The summed E-state index contributed by atoms with van der Waals surface area (Å²) in [5, 5.41) is 3.24. The van der Waals surface area contributed by atoms with Crippen molar-refractivity contribution in [3.8, 4) is 5.69 Å². The maximum absolute atomic E-state index is 10.9. The van der Waals surface area contributed by atoms with Crippen molar-refractivity contribution in [2.75, 3.05) is 5.73 Å². The Morgan fingerprint density at radius 2 is 1.88 bits per heavy atom. The second kappa shape index (κ2) is 3.62. The quantitative estimate of drug-likeness (QED) is 0.752. The van der Waals surface area contributed by atoms with Crippen molar-refractivity contribution in [3.63, 3.8) is 0 Å². The largest absolute Gasteiger partial charge is 0.384 e. The van der Waals surface area contributed by atoms with Crippen LogP contribution in [-0.4, -0.2) is 22.8 Å². The van der Waals surface area contributed by atoms with E-state index in [1.54, 1.807) is 24.3 Å². The van der Waals surface area contributed by atoms with E-state index in [0.717, 1.165) is 6.07 Å². The van der Waals surface area contributed by atoms with Gasteiger partial charge in [0.1, 0.15) is 5.82 Å². The number of aromatic nitrogens is 2. The third kappa shape index (κ3) is 1.90. The van der Waals surface area contributed by atoms with Crippen molar-refractivity contribution < 1.29 is 13.0 Å². The lowest BCUT2D eigenvalue weighted by molar-refractivity contribution is 0.478. The Labute approximate surface area is 92.1 Å². The average Bonchev–Trinajstić information content (AvgIpc) is 2.61. The number of rotatable bonds is 2. The van der Waals surface area contributed by atoms with Gasteiger partial charge in [0.15, 0.2) is 0 Å². The van der Waals surface area contributed by atoms with Gasteiger partial charge in [0.2, 0.25) is 5.03 Å². The maximum atomic E-state index is 10.9. The molecule has 0 aliphatic rings. The van der Waals surface area contributed by atoms with E-state index in [1.165, 1.54) is 4.68 Å². The van der Waals surface area contributed by atoms with Gasteiger partial charge in [0.05, 0.1) is 5.69 Å². The molecule has 84 valence electrons. The van der Waals surface area contributed by atoms with Crippen LogP contribution in [0.15, 0.2) is 41.4 Å². The van der Waals surface area contributed by atoms with Crippen LogP contribution in [0.3, 0.4) is 0 Å². The fourth-order valence-corrected chi connectivity index (χ4v) is 1.73. The molecule has 0 amide bonds. The predicted octanol–water partition coefficient (Wildman–Crippen LogP) is 0.701. The highest BCUT2D eigenvalue weighted by Crippen LogP contribution is 2.16. The zero-order valence-corrected chi connectivity index (χ0v) is 8.92. The van der Waals surface area contributed by atoms with Gasteiger partial charge in [-0.05, 0) is 12.1 Å². The zero-order chi connectivity index (χ0) is 11.8. The molecule has 16 heavy (non-hydrogen) atoms. The third-order valence-corrected chi connectivity index (χ3v) is 2.71. The van der Waals surface area contributed by atoms with Crippen molar-refractivity contribution in [3.05, 3.63) is 36.4 Å². The van der Waals surface area contributed by atoms with E-state index >= 15 is 0 Å². The standard InChI is InChI=1S/C9H9N3O3S/c10-8-6-9(16(13,14)15)11-12(8)7-4-2-1-3-5-7/h1-6H,10H2,(H,13,14,15). The predicted molar refractivity (Wildman–Crippen MR) is 57.8 cm³/mol. The fourth-order valence-electron chi connectivity index (χ4n) is 1.27. The van der Waals surface area contributed by atoms with Crippen molar-refractivity contribution in [1.29, 1.82) is 0 Å². The van der Waals surface area contributed by atoms with Gasteiger partial charge in [0, 0.05) is 6.07 Å². The second-order valence-corrected chi connectivity index (χ2v) is 4.50. The van der Waals surface area contributed by atoms with E-state index < -0.39 is 15.1 Å². The fraction of sp³-hybridized carbons (Fsp3) is 0. The Bertz CT molecular complexity index is 604. The number of hydrogen-bond donors (Lipinski definition) is 2. The van der Waals surface area contributed by atoms with E-state index in [0.29, 0.717) is 5.69 Å². The van der Waals surface area contributed by atoms with Crippen molar-refractivity contribution >= 4 is 15.9 Å².